The number of nitrogens with zero attached hydrogens (tertiary/aromatic N) is 2. The topological polar surface area (TPSA) is 95.2 Å². The normalized spacial score (nSPS) is 8.70. The fourth-order valence-electron chi connectivity index (χ4n) is 1.01. The van der Waals surface area contributed by atoms with Gasteiger partial charge in [-0.15, -0.1) is 0 Å². The lowest BCUT2D eigenvalue weighted by molar-refractivity contribution is 0.111. The summed E-state index contributed by atoms with van der Waals surface area (Å²) in [5, 5.41) is 0.437. The molecule has 0 saturated heterocycles. The Bertz CT molecular complexity index is 575. The summed E-state index contributed by atoms with van der Waals surface area (Å²) >= 11 is 1.19. The van der Waals surface area contributed by atoms with Gasteiger partial charge in [0.1, 0.15) is 0 Å². The van der Waals surface area contributed by atoms with Crippen molar-refractivity contribution in [2.75, 3.05) is 12.8 Å². The Morgan fingerprint density at radius 1 is 1.30 bits per heavy atom. The first-order valence-corrected chi connectivity index (χ1v) is 5.73. The van der Waals surface area contributed by atoms with Gasteiger partial charge >= 0.3 is 0 Å². The van der Waals surface area contributed by atoms with Crippen LogP contribution in [0.3, 0.4) is 0 Å². The molecule has 0 atom stereocenters. The lowest BCUT2D eigenvalue weighted by atomic mass is 10.3. The van der Waals surface area contributed by atoms with E-state index in [1.165, 1.54) is 30.8 Å². The van der Waals surface area contributed by atoms with Crippen molar-refractivity contribution in [2.24, 2.45) is 0 Å². The van der Waals surface area contributed by atoms with Crippen LogP contribution < -0.4 is 10.5 Å². The van der Waals surface area contributed by atoms with Gasteiger partial charge < -0.3 is 10.5 Å². The molecule has 20 heavy (non-hydrogen) atoms. The molecule has 2 rings (SSSR count). The van der Waals surface area contributed by atoms with Gasteiger partial charge in [-0.2, -0.15) is 0 Å². The van der Waals surface area contributed by atoms with Crippen LogP contribution in [0.4, 0.5) is 9.52 Å². The summed E-state index contributed by atoms with van der Waals surface area (Å²) in [5.74, 6) is -0.729. The van der Waals surface area contributed by atoms with E-state index in [0.29, 0.717) is 16.3 Å². The van der Waals surface area contributed by atoms with Gasteiger partial charge in [-0.1, -0.05) is 18.8 Å². The summed E-state index contributed by atoms with van der Waals surface area (Å²) in [4.78, 5) is 27.8. The number of nitrogens with two attached hydrogens (primary N) is 1. The van der Waals surface area contributed by atoms with E-state index in [1.807, 2.05) is 0 Å². The molecule has 2 heterocycles. The molecular weight excluding hydrogens is 285 g/mol. The van der Waals surface area contributed by atoms with Crippen LogP contribution in [0.25, 0.3) is 0 Å². The fraction of sp³-hybridized carbons (Fsp3) is 0.167. The summed E-state index contributed by atoms with van der Waals surface area (Å²) in [6.07, 6.45) is 3.95. The predicted octanol–water partition coefficient (Wildman–Crippen LogP) is 2.22. The molecule has 0 aliphatic heterocycles. The lowest BCUT2D eigenvalue weighted by Gasteiger charge is -1.98. The van der Waals surface area contributed by atoms with Gasteiger partial charge in [-0.25, -0.2) is 14.4 Å². The number of rotatable bonds is 3. The monoisotopic (exact) mass is 299 g/mol. The van der Waals surface area contributed by atoms with Gasteiger partial charge in [0, 0.05) is 11.8 Å². The Balaban J connectivity index is 0.000000359. The van der Waals surface area contributed by atoms with Gasteiger partial charge in [0.2, 0.25) is 5.88 Å². The average molecular weight is 299 g/mol. The molecule has 0 saturated carbocycles. The molecule has 2 aromatic rings. The first-order chi connectivity index (χ1) is 9.10. The molecule has 2 aromatic heterocycles. The largest absolute Gasteiger partial charge is 0.479 e. The lowest BCUT2D eigenvalue weighted by Crippen LogP contribution is -1.93. The molecule has 2 N–H and O–H groups in total. The van der Waals surface area contributed by atoms with Crippen LogP contribution in [0.5, 0.6) is 5.88 Å². The molecule has 0 aromatic carbocycles. The number of carbonyl (C=O) groups is 2. The Morgan fingerprint density at radius 2 is 2.00 bits per heavy atom. The molecular formula is C12H14FN3O3S. The van der Waals surface area contributed by atoms with Gasteiger partial charge in [-0.05, 0) is 6.07 Å². The minimum atomic E-state index is -0.628. The highest BCUT2D eigenvalue weighted by Crippen LogP contribution is 2.12. The van der Waals surface area contributed by atoms with E-state index in [-0.39, 0.29) is 18.9 Å². The minimum absolute atomic E-state index is 0. The van der Waals surface area contributed by atoms with Crippen LogP contribution in [-0.2, 0) is 0 Å². The van der Waals surface area contributed by atoms with Crippen molar-refractivity contribution in [3.63, 3.8) is 0 Å². The second-order valence-electron chi connectivity index (χ2n) is 3.10. The van der Waals surface area contributed by atoms with Crippen LogP contribution in [0, 0.1) is 5.82 Å². The molecule has 0 bridgehead atoms. The quantitative estimate of drug-likeness (QED) is 0.873. The number of carbonyl (C=O) groups excluding carboxylic acids is 2. The van der Waals surface area contributed by atoms with Crippen molar-refractivity contribution in [3.05, 3.63) is 34.7 Å². The second kappa shape index (κ2) is 8.70. The number of halogens is 1. The number of nitrogen functional groups attached to an aromatic ring is 1. The molecule has 0 amide bonds. The SMILES string of the molecule is C.COc1ncc(C=O)cc1F.Nc1ncc(C=O)s1. The van der Waals surface area contributed by atoms with E-state index in [2.05, 4.69) is 14.7 Å². The van der Waals surface area contributed by atoms with Gasteiger partial charge in [0.15, 0.2) is 23.5 Å². The maximum Gasteiger partial charge on any atom is 0.250 e. The number of methoxy groups -OCH3 is 1. The maximum absolute atomic E-state index is 12.7. The number of hydrogen-bond acceptors (Lipinski definition) is 7. The number of hydrogen-bond donors (Lipinski definition) is 1. The third kappa shape index (κ3) is 5.11. The highest BCUT2D eigenvalue weighted by molar-refractivity contribution is 7.16. The van der Waals surface area contributed by atoms with Crippen molar-refractivity contribution in [1.29, 1.82) is 0 Å². The van der Waals surface area contributed by atoms with Crippen LogP contribution in [0.1, 0.15) is 27.5 Å². The van der Waals surface area contributed by atoms with E-state index in [4.69, 9.17) is 5.73 Å². The van der Waals surface area contributed by atoms with Crippen molar-refractivity contribution < 1.29 is 18.7 Å². The summed E-state index contributed by atoms with van der Waals surface area (Å²) < 4.78 is 17.2. The molecule has 0 spiro atoms. The van der Waals surface area contributed by atoms with Gasteiger partial charge in [0.05, 0.1) is 18.2 Å². The highest BCUT2D eigenvalue weighted by atomic mass is 32.1. The van der Waals surface area contributed by atoms with E-state index < -0.39 is 5.82 Å². The number of ether oxygens (including phenoxy) is 1. The van der Waals surface area contributed by atoms with Crippen LogP contribution >= 0.6 is 11.3 Å². The molecule has 108 valence electrons. The van der Waals surface area contributed by atoms with E-state index in [0.717, 1.165) is 12.4 Å². The standard InChI is InChI=1S/C7H6FNO2.C4H4N2OS.CH4/c1-11-7-6(8)2-5(4-10)3-9-7;5-4-6-1-3(2-7)8-4;/h2-4H,1H3;1-2H,(H2,5,6);1H4. The van der Waals surface area contributed by atoms with Gasteiger partial charge in [0.25, 0.3) is 0 Å². The first kappa shape index (κ1) is 17.6. The zero-order valence-electron chi connectivity index (χ0n) is 9.87. The third-order valence-electron chi connectivity index (χ3n) is 1.82. The number of pyridine rings is 1. The predicted molar refractivity (Wildman–Crippen MR) is 74.8 cm³/mol. The molecule has 0 unspecified atom stereocenters. The Kier molecular flexibility index (Phi) is 7.68. The number of anilines is 1. The average Bonchev–Trinajstić information content (AvgIpc) is 2.85. The molecule has 0 aliphatic rings. The molecule has 0 fully saturated rings. The Morgan fingerprint density at radius 3 is 2.35 bits per heavy atom. The number of aldehydes is 2. The van der Waals surface area contributed by atoms with E-state index in [9.17, 15) is 14.0 Å². The molecule has 0 aliphatic carbocycles. The van der Waals surface area contributed by atoms with Crippen LogP contribution in [-0.4, -0.2) is 29.7 Å². The smallest absolute Gasteiger partial charge is 0.250 e. The fourth-order valence-corrected chi connectivity index (χ4v) is 1.51. The first-order valence-electron chi connectivity index (χ1n) is 4.92. The van der Waals surface area contributed by atoms with Crippen molar-refractivity contribution >= 4 is 29.0 Å². The van der Waals surface area contributed by atoms with E-state index >= 15 is 0 Å². The zero-order chi connectivity index (χ0) is 14.3. The van der Waals surface area contributed by atoms with E-state index in [1.54, 1.807) is 0 Å². The molecule has 0 radical (unpaired) electrons. The van der Waals surface area contributed by atoms with Gasteiger partial charge in [-0.3, -0.25) is 9.59 Å². The second-order valence-corrected chi connectivity index (χ2v) is 4.19. The van der Waals surface area contributed by atoms with Crippen molar-refractivity contribution in [3.8, 4) is 5.88 Å². The zero-order valence-corrected chi connectivity index (χ0v) is 10.7. The summed E-state index contributed by atoms with van der Waals surface area (Å²) in [6.45, 7) is 0. The summed E-state index contributed by atoms with van der Waals surface area (Å²) in [6, 6.07) is 1.07. The maximum atomic E-state index is 12.7. The highest BCUT2D eigenvalue weighted by Gasteiger charge is 2.03. The van der Waals surface area contributed by atoms with Crippen molar-refractivity contribution in [2.45, 2.75) is 7.43 Å². The minimum Gasteiger partial charge on any atom is -0.479 e. The molecule has 8 heteroatoms. The summed E-state index contributed by atoms with van der Waals surface area (Å²) in [5.41, 5.74) is 5.40. The van der Waals surface area contributed by atoms with Crippen molar-refractivity contribution in [1.82, 2.24) is 9.97 Å². The number of thiazole rings is 1. The Hall–Kier alpha value is -2.35. The molecule has 6 nitrogen and oxygen atoms in total. The Labute approximate surface area is 119 Å². The van der Waals surface area contributed by atoms with Crippen LogP contribution in [0.2, 0.25) is 0 Å². The third-order valence-corrected chi connectivity index (χ3v) is 2.57. The van der Waals surface area contributed by atoms with Crippen LogP contribution in [0.15, 0.2) is 18.5 Å². The number of aromatic nitrogens is 2. The summed E-state index contributed by atoms with van der Waals surface area (Å²) in [7, 11) is 1.31.